The molecule has 1 heterocycles. The number of rotatable bonds is 11. The van der Waals surface area contributed by atoms with Crippen molar-refractivity contribution < 1.29 is 36.7 Å². The molecule has 0 bridgehead atoms. The molecule has 1 unspecified atom stereocenters. The highest BCUT2D eigenvalue weighted by Gasteiger charge is 2.36. The summed E-state index contributed by atoms with van der Waals surface area (Å²) in [5, 5.41) is 15.3. The van der Waals surface area contributed by atoms with E-state index in [0.29, 0.717) is 40.8 Å². The number of amides is 1. The summed E-state index contributed by atoms with van der Waals surface area (Å²) in [6, 6.07) is 19.5. The third kappa shape index (κ3) is 8.44. The molecule has 0 saturated heterocycles. The molecule has 9 nitrogen and oxygen atoms in total. The van der Waals surface area contributed by atoms with Crippen LogP contribution in [0.25, 0.3) is 5.69 Å². The summed E-state index contributed by atoms with van der Waals surface area (Å²) >= 11 is 0. The number of nitriles is 1. The van der Waals surface area contributed by atoms with Crippen LogP contribution in [0, 0.1) is 28.5 Å². The Morgan fingerprint density at radius 3 is 2.38 bits per heavy atom. The number of aromatic nitrogens is 2. The quantitative estimate of drug-likeness (QED) is 0.128. The third-order valence-electron chi connectivity index (χ3n) is 7.52. The maximum atomic E-state index is 15.1. The first-order valence-electron chi connectivity index (χ1n) is 15.2. The summed E-state index contributed by atoms with van der Waals surface area (Å²) in [6.07, 6.45) is -3.47. The third-order valence-corrected chi connectivity index (χ3v) is 7.52. The minimum Gasteiger partial charge on any atom is -0.370 e. The summed E-state index contributed by atoms with van der Waals surface area (Å²) in [5.74, 6) is -1.95. The molecule has 2 N–H and O–H groups in total. The minimum absolute atomic E-state index is 0.0197. The Hall–Kier alpha value is -5.06. The minimum atomic E-state index is -4.88. The van der Waals surface area contributed by atoms with Crippen LogP contribution in [0.5, 0.6) is 0 Å². The normalized spacial score (nSPS) is 13.9. The Balaban J connectivity index is 1.42. The number of carbonyl (C=O) groups is 2. The highest BCUT2D eigenvalue weighted by Crippen LogP contribution is 2.35. The maximum absolute atomic E-state index is 15.1. The second kappa shape index (κ2) is 14.0. The molecule has 5 rings (SSSR count). The number of benzene rings is 3. The van der Waals surface area contributed by atoms with Crippen LogP contribution in [0.15, 0.2) is 72.8 Å². The van der Waals surface area contributed by atoms with Crippen molar-refractivity contribution >= 4 is 17.6 Å². The van der Waals surface area contributed by atoms with Crippen LogP contribution in [-0.4, -0.2) is 28.3 Å². The van der Waals surface area contributed by atoms with Gasteiger partial charge in [-0.2, -0.15) is 23.5 Å². The number of ether oxygens (including phenoxy) is 1. The van der Waals surface area contributed by atoms with Crippen LogP contribution in [0.3, 0.4) is 0 Å². The molecule has 0 aliphatic heterocycles. The number of nitrogens with one attached hydrogen (secondary N) is 2. The van der Waals surface area contributed by atoms with E-state index in [1.807, 2.05) is 0 Å². The first-order valence-corrected chi connectivity index (χ1v) is 15.2. The topological polar surface area (TPSA) is 118 Å². The molecule has 48 heavy (non-hydrogen) atoms. The second-order valence-corrected chi connectivity index (χ2v) is 12.5. The van der Waals surface area contributed by atoms with Gasteiger partial charge in [-0.1, -0.05) is 30.3 Å². The first kappa shape index (κ1) is 34.3. The Morgan fingerprint density at radius 2 is 1.73 bits per heavy atom. The molecule has 3 aromatic carbocycles. The van der Waals surface area contributed by atoms with E-state index in [1.54, 1.807) is 57.2 Å². The largest absolute Gasteiger partial charge is 0.435 e. The van der Waals surface area contributed by atoms with E-state index in [2.05, 4.69) is 22.0 Å². The molecule has 1 saturated carbocycles. The number of nitrogens with zero attached hydrogens (tertiary/aromatic N) is 3. The molecule has 1 amide bonds. The van der Waals surface area contributed by atoms with Crippen molar-refractivity contribution in [2.45, 2.75) is 52.4 Å². The second-order valence-electron chi connectivity index (χ2n) is 12.5. The van der Waals surface area contributed by atoms with Gasteiger partial charge in [-0.25, -0.2) is 13.9 Å². The smallest absolute Gasteiger partial charge is 0.370 e. The number of hydrogen-bond donors (Lipinski definition) is 2. The summed E-state index contributed by atoms with van der Waals surface area (Å²) in [7, 11) is 0. The molecule has 0 radical (unpaired) electrons. The number of anilines is 1. The zero-order valence-corrected chi connectivity index (χ0v) is 26.4. The molecule has 1 aromatic heterocycles. The Kier molecular flexibility index (Phi) is 9.98. The van der Waals surface area contributed by atoms with Crippen LogP contribution >= 0.6 is 0 Å². The fraction of sp³-hybridized carbons (Fsp3) is 0.314. The van der Waals surface area contributed by atoms with Crippen molar-refractivity contribution in [1.29, 1.82) is 5.26 Å². The molecule has 1 fully saturated rings. The zero-order chi connectivity index (χ0) is 34.6. The van der Waals surface area contributed by atoms with E-state index in [9.17, 15) is 28.0 Å². The van der Waals surface area contributed by atoms with E-state index in [4.69, 9.17) is 9.57 Å². The van der Waals surface area contributed by atoms with Crippen LogP contribution in [-0.2, 0) is 27.1 Å². The standard InChI is InChI=1S/C35H33F4N5O4/c1-34(2,3)33(46)48-41-19-23-5-4-6-26(15-23)44-29(17-30(43-44)35(37,38)39)32(45)42-28-16-25(13-14-27(28)36)31(47-20-22-7-8-22)24-11-9-21(18-40)10-12-24/h4-6,9-17,22,31,41H,7-8,19-20H2,1-3H3,(H,42,45). The molecule has 250 valence electrons. The van der Waals surface area contributed by atoms with Gasteiger partial charge in [0.05, 0.1) is 41.6 Å². The molecule has 13 heteroatoms. The van der Waals surface area contributed by atoms with Crippen molar-refractivity contribution in [2.24, 2.45) is 11.3 Å². The lowest BCUT2D eigenvalue weighted by atomic mass is 9.98. The Labute approximate surface area is 274 Å². The van der Waals surface area contributed by atoms with Gasteiger partial charge in [0.1, 0.15) is 17.6 Å². The number of alkyl halides is 3. The summed E-state index contributed by atoms with van der Waals surface area (Å²) in [5.41, 5.74) is 1.97. The lowest BCUT2D eigenvalue weighted by molar-refractivity contribution is -0.161. The molecule has 0 spiro atoms. The SMILES string of the molecule is CC(C)(C)C(=O)ONCc1cccc(-n2nc(C(F)(F)F)cc2C(=O)Nc2cc(C(OCC3CC3)c3ccc(C#N)cc3)ccc2F)c1. The molecule has 1 aliphatic rings. The van der Waals surface area contributed by atoms with Crippen molar-refractivity contribution in [2.75, 3.05) is 11.9 Å². The number of halogens is 4. The molecule has 1 aliphatic carbocycles. The lowest BCUT2D eigenvalue weighted by Gasteiger charge is -2.20. The molecule has 1 atom stereocenters. The van der Waals surface area contributed by atoms with Gasteiger partial charge >= 0.3 is 12.1 Å². The molecular formula is C35H33F4N5O4. The number of hydroxylamine groups is 1. The van der Waals surface area contributed by atoms with Gasteiger partial charge < -0.3 is 14.9 Å². The van der Waals surface area contributed by atoms with Gasteiger partial charge in [-0.3, -0.25) is 4.79 Å². The van der Waals surface area contributed by atoms with Gasteiger partial charge in [0.15, 0.2) is 5.69 Å². The fourth-order valence-corrected chi connectivity index (χ4v) is 4.64. The fourth-order valence-electron chi connectivity index (χ4n) is 4.64. The highest BCUT2D eigenvalue weighted by atomic mass is 19.4. The van der Waals surface area contributed by atoms with Gasteiger partial charge in [-0.05, 0) is 92.6 Å². The summed E-state index contributed by atoms with van der Waals surface area (Å²) < 4.78 is 63.5. The number of hydrogen-bond acceptors (Lipinski definition) is 7. The van der Waals surface area contributed by atoms with E-state index >= 15 is 4.39 Å². The highest BCUT2D eigenvalue weighted by molar-refractivity contribution is 6.03. The Morgan fingerprint density at radius 1 is 1.02 bits per heavy atom. The summed E-state index contributed by atoms with van der Waals surface area (Å²) in [4.78, 5) is 30.6. The molecular weight excluding hydrogens is 630 g/mol. The average Bonchev–Trinajstić information content (AvgIpc) is 3.75. The maximum Gasteiger partial charge on any atom is 0.435 e. The van der Waals surface area contributed by atoms with E-state index in [1.165, 1.54) is 24.3 Å². The Bertz CT molecular complexity index is 1840. The van der Waals surface area contributed by atoms with Crippen LogP contribution in [0.1, 0.15) is 78.2 Å². The number of carbonyl (C=O) groups excluding carboxylic acids is 2. The van der Waals surface area contributed by atoms with Gasteiger partial charge in [0.2, 0.25) is 0 Å². The predicted octanol–water partition coefficient (Wildman–Crippen LogP) is 7.26. The zero-order valence-electron chi connectivity index (χ0n) is 26.4. The van der Waals surface area contributed by atoms with E-state index < -0.39 is 46.8 Å². The van der Waals surface area contributed by atoms with Crippen LogP contribution < -0.4 is 10.8 Å². The van der Waals surface area contributed by atoms with Crippen molar-refractivity contribution in [3.05, 3.63) is 112 Å². The monoisotopic (exact) mass is 663 g/mol. The van der Waals surface area contributed by atoms with Gasteiger partial charge in [-0.15, -0.1) is 5.48 Å². The van der Waals surface area contributed by atoms with Crippen molar-refractivity contribution in [3.8, 4) is 11.8 Å². The average molecular weight is 664 g/mol. The van der Waals surface area contributed by atoms with E-state index in [0.717, 1.165) is 23.6 Å². The molecule has 4 aromatic rings. The summed E-state index contributed by atoms with van der Waals surface area (Å²) in [6.45, 7) is 5.51. The van der Waals surface area contributed by atoms with Crippen molar-refractivity contribution in [3.63, 3.8) is 0 Å². The first-order chi connectivity index (χ1) is 22.7. The van der Waals surface area contributed by atoms with Crippen LogP contribution in [0.4, 0.5) is 23.2 Å². The predicted molar refractivity (Wildman–Crippen MR) is 167 cm³/mol. The van der Waals surface area contributed by atoms with Gasteiger partial charge in [0.25, 0.3) is 5.91 Å². The van der Waals surface area contributed by atoms with Crippen molar-refractivity contribution in [1.82, 2.24) is 15.3 Å². The van der Waals surface area contributed by atoms with E-state index in [-0.39, 0.29) is 17.9 Å². The lowest BCUT2D eigenvalue weighted by Crippen LogP contribution is -2.29. The van der Waals surface area contributed by atoms with Gasteiger partial charge in [0, 0.05) is 6.07 Å². The van der Waals surface area contributed by atoms with Crippen LogP contribution in [0.2, 0.25) is 0 Å².